The highest BCUT2D eigenvalue weighted by atomic mass is 32.1. The molecular weight excluding hydrogens is 812 g/mol. The van der Waals surface area contributed by atoms with Gasteiger partial charge in [-0.25, -0.2) is 4.79 Å². The fraction of sp³-hybridized carbons (Fsp3) is 0.558. The third-order valence-electron chi connectivity index (χ3n) is 12.8. The van der Waals surface area contributed by atoms with Crippen LogP contribution in [-0.2, 0) is 32.3 Å². The number of aryl methyl sites for hydroxylation is 1. The van der Waals surface area contributed by atoms with Crippen molar-refractivity contribution < 1.29 is 37.1 Å². The third kappa shape index (κ3) is 8.82. The number of hydrogen-bond donors (Lipinski definition) is 2. The summed E-state index contributed by atoms with van der Waals surface area (Å²) in [7, 11) is 1.75. The van der Waals surface area contributed by atoms with Crippen LogP contribution in [0.4, 0.5) is 35.2 Å². The van der Waals surface area contributed by atoms with Gasteiger partial charge in [0.1, 0.15) is 5.54 Å². The molecule has 3 aromatic rings. The van der Waals surface area contributed by atoms with Gasteiger partial charge in [-0.2, -0.15) is 23.5 Å². The second-order valence-corrected chi connectivity index (χ2v) is 17.7. The van der Waals surface area contributed by atoms with Crippen molar-refractivity contribution in [3.8, 4) is 6.07 Å². The number of likely N-dealkylation sites (tertiary alicyclic amines) is 1. The van der Waals surface area contributed by atoms with Gasteiger partial charge in [0.05, 0.1) is 46.7 Å². The average Bonchev–Trinajstić information content (AvgIpc) is 3.62. The van der Waals surface area contributed by atoms with Crippen molar-refractivity contribution >= 4 is 69.2 Å². The number of amides is 5. The number of fused-ring (bicyclic) bond motifs is 1. The van der Waals surface area contributed by atoms with Gasteiger partial charge in [-0.1, -0.05) is 6.07 Å². The number of ether oxygens (including phenoxy) is 1. The monoisotopic (exact) mass is 863 g/mol. The molecule has 14 nitrogen and oxygen atoms in total. The molecule has 0 spiro atoms. The molecule has 0 radical (unpaired) electrons. The molecule has 2 aromatic carbocycles. The van der Waals surface area contributed by atoms with Gasteiger partial charge in [0, 0.05) is 50.1 Å². The van der Waals surface area contributed by atoms with Crippen molar-refractivity contribution in [2.24, 2.45) is 13.0 Å². The number of nitriles is 1. The van der Waals surface area contributed by atoms with Crippen LogP contribution in [0.5, 0.6) is 0 Å². The maximum atomic E-state index is 13.8. The molecule has 3 aliphatic heterocycles. The number of imide groups is 1. The number of alkyl halides is 3. The molecule has 1 aliphatic carbocycles. The van der Waals surface area contributed by atoms with Crippen LogP contribution in [0.2, 0.25) is 0 Å². The summed E-state index contributed by atoms with van der Waals surface area (Å²) in [6.07, 6.45) is 2.47. The van der Waals surface area contributed by atoms with Crippen LogP contribution in [-0.4, -0.2) is 97.9 Å². The Balaban J connectivity index is 0.861. The number of aromatic nitrogens is 2. The highest BCUT2D eigenvalue weighted by molar-refractivity contribution is 7.80. The fourth-order valence-electron chi connectivity index (χ4n) is 9.72. The smallest absolute Gasteiger partial charge is 0.378 e. The number of carbonyl (C=O) groups excluding carboxylic acids is 4. The number of anilines is 3. The van der Waals surface area contributed by atoms with Gasteiger partial charge < -0.3 is 15.0 Å². The van der Waals surface area contributed by atoms with Crippen LogP contribution in [0.15, 0.2) is 36.4 Å². The summed E-state index contributed by atoms with van der Waals surface area (Å²) in [6.45, 7) is 8.80. The number of rotatable bonds is 11. The Bertz CT molecular complexity index is 2250. The predicted molar refractivity (Wildman–Crippen MR) is 227 cm³/mol. The normalized spacial score (nSPS) is 25.0. The minimum atomic E-state index is -4.76. The van der Waals surface area contributed by atoms with Crippen molar-refractivity contribution in [3.63, 3.8) is 0 Å². The Morgan fingerprint density at radius 1 is 1.08 bits per heavy atom. The first-order valence-corrected chi connectivity index (χ1v) is 21.3. The molecule has 18 heteroatoms. The summed E-state index contributed by atoms with van der Waals surface area (Å²) < 4.78 is 49.3. The molecule has 5 amide bonds. The predicted octanol–water partition coefficient (Wildman–Crippen LogP) is 6.86. The molecule has 7 rings (SSSR count). The molecule has 0 bridgehead atoms. The summed E-state index contributed by atoms with van der Waals surface area (Å²) in [5.41, 5.74) is -1.39. The standard InChI is InChI=1S/C43H52F3N9O5S/c1-25-20-31(21-26(2)53(25)24-36(57)48-34-10-6-9-32-37(34)51(5)50-38(32)52-18-17-35(56)49-40(52)59)60-19-7-8-27-11-14-29(15-12-27)55-41(61)54(39(58)42(55,3)4)30-16-13-28(23-47)33(22-30)43(44,45)46/h6,9-10,13,16,22,25-27,29,31H,7-8,11-12,14-15,17-21,24H2,1-5H3,(H,48,57)(H,49,56,59)/t25-,26+,27-,29-,31+. The minimum absolute atomic E-state index is 0.00347. The Hall–Kier alpha value is -5.12. The van der Waals surface area contributed by atoms with E-state index in [-0.39, 0.29) is 66.4 Å². The van der Waals surface area contributed by atoms with Crippen molar-refractivity contribution in [3.05, 3.63) is 47.5 Å². The van der Waals surface area contributed by atoms with E-state index in [1.54, 1.807) is 37.7 Å². The maximum Gasteiger partial charge on any atom is 0.417 e. The fourth-order valence-corrected chi connectivity index (χ4v) is 10.3. The van der Waals surface area contributed by atoms with E-state index in [2.05, 4.69) is 34.5 Å². The van der Waals surface area contributed by atoms with E-state index in [1.807, 2.05) is 17.0 Å². The van der Waals surface area contributed by atoms with Crippen LogP contribution < -0.4 is 20.4 Å². The molecule has 3 saturated heterocycles. The number of carbonyl (C=O) groups is 4. The molecule has 4 heterocycles. The first-order chi connectivity index (χ1) is 28.9. The van der Waals surface area contributed by atoms with Gasteiger partial charge in [-0.15, -0.1) is 0 Å². The first kappa shape index (κ1) is 44.0. The average molecular weight is 864 g/mol. The van der Waals surface area contributed by atoms with E-state index in [1.165, 1.54) is 15.9 Å². The number of nitrogens with zero attached hydrogens (tertiary/aromatic N) is 7. The first-order valence-electron chi connectivity index (χ1n) is 20.9. The number of thiocarbonyl (C=S) groups is 1. The van der Waals surface area contributed by atoms with Crippen LogP contribution in [0, 0.1) is 17.2 Å². The highest BCUT2D eigenvalue weighted by Crippen LogP contribution is 2.42. The molecule has 61 heavy (non-hydrogen) atoms. The zero-order chi connectivity index (χ0) is 44.0. The minimum Gasteiger partial charge on any atom is -0.378 e. The summed E-state index contributed by atoms with van der Waals surface area (Å²) in [6, 6.07) is 9.97. The molecule has 1 aromatic heterocycles. The third-order valence-corrected chi connectivity index (χ3v) is 13.2. The van der Waals surface area contributed by atoms with Gasteiger partial charge in [0.2, 0.25) is 11.8 Å². The molecule has 4 aliphatic rings. The Kier molecular flexibility index (Phi) is 12.5. The Labute approximate surface area is 358 Å². The molecule has 1 saturated carbocycles. The van der Waals surface area contributed by atoms with Crippen molar-refractivity contribution in [1.82, 2.24) is 24.9 Å². The van der Waals surface area contributed by atoms with Gasteiger partial charge in [-0.05, 0) is 128 Å². The van der Waals surface area contributed by atoms with Gasteiger partial charge in [0.15, 0.2) is 10.9 Å². The van der Waals surface area contributed by atoms with E-state index in [4.69, 9.17) is 17.0 Å². The summed E-state index contributed by atoms with van der Waals surface area (Å²) in [4.78, 5) is 58.1. The van der Waals surface area contributed by atoms with Crippen LogP contribution in [0.1, 0.15) is 96.6 Å². The maximum absolute atomic E-state index is 13.8. The number of benzene rings is 2. The lowest BCUT2D eigenvalue weighted by Crippen LogP contribution is -2.51. The Morgan fingerprint density at radius 2 is 1.79 bits per heavy atom. The molecule has 2 N–H and O–H groups in total. The number of nitrogens with one attached hydrogen (secondary N) is 2. The summed E-state index contributed by atoms with van der Waals surface area (Å²) in [5.74, 6) is 0.0272. The van der Waals surface area contributed by atoms with Crippen molar-refractivity contribution in [2.45, 2.75) is 121 Å². The topological polar surface area (TPSA) is 156 Å². The van der Waals surface area contributed by atoms with Gasteiger partial charge >= 0.3 is 12.2 Å². The van der Waals surface area contributed by atoms with E-state index >= 15 is 0 Å². The van der Waals surface area contributed by atoms with Crippen molar-refractivity contribution in [2.75, 3.05) is 34.8 Å². The number of urea groups is 1. The quantitative estimate of drug-likeness (QED) is 0.154. The lowest BCUT2D eigenvalue weighted by atomic mass is 9.82. The second kappa shape index (κ2) is 17.3. The van der Waals surface area contributed by atoms with Crippen LogP contribution >= 0.6 is 12.2 Å². The zero-order valence-corrected chi connectivity index (χ0v) is 35.9. The lowest BCUT2D eigenvalue weighted by Gasteiger charge is -2.42. The molecular formula is C43H52F3N9O5S. The van der Waals surface area contributed by atoms with E-state index in [0.717, 1.165) is 63.5 Å². The van der Waals surface area contributed by atoms with Crippen LogP contribution in [0.25, 0.3) is 10.9 Å². The van der Waals surface area contributed by atoms with Crippen molar-refractivity contribution in [1.29, 1.82) is 5.26 Å². The second-order valence-electron chi connectivity index (χ2n) is 17.3. The SMILES string of the molecule is C[C@@H]1C[C@H](OCCC[C@H]2CC[C@H](N3C(=S)N(c4ccc(C#N)c(C(F)(F)F)c4)C(=O)C3(C)C)CC2)C[C@H](C)N1CC(=O)Nc1cccc2c(N3CCC(=O)NC3=O)nn(C)c12. The molecule has 3 atom stereocenters. The summed E-state index contributed by atoms with van der Waals surface area (Å²) >= 11 is 5.77. The van der Waals surface area contributed by atoms with E-state index in [0.29, 0.717) is 34.9 Å². The number of halogens is 3. The number of para-hydroxylation sites is 1. The van der Waals surface area contributed by atoms with Gasteiger partial charge in [-0.3, -0.25) is 39.1 Å². The zero-order valence-electron chi connectivity index (χ0n) is 35.1. The summed E-state index contributed by atoms with van der Waals surface area (Å²) in [5, 5.41) is 20.1. The largest absolute Gasteiger partial charge is 0.417 e. The lowest BCUT2D eigenvalue weighted by molar-refractivity contribution is -0.137. The number of hydrogen-bond acceptors (Lipinski definition) is 9. The molecule has 0 unspecified atom stereocenters. The molecule has 4 fully saturated rings. The van der Waals surface area contributed by atoms with E-state index < -0.39 is 34.8 Å². The molecule has 326 valence electrons. The number of piperidine rings is 1. The van der Waals surface area contributed by atoms with Gasteiger partial charge in [0.25, 0.3) is 5.91 Å². The van der Waals surface area contributed by atoms with E-state index in [9.17, 15) is 37.6 Å². The van der Waals surface area contributed by atoms with Crippen LogP contribution in [0.3, 0.4) is 0 Å². The Morgan fingerprint density at radius 3 is 2.44 bits per heavy atom. The highest BCUT2D eigenvalue weighted by Gasteiger charge is 2.52.